The molecule has 1 aromatic carbocycles. The van der Waals surface area contributed by atoms with Crippen molar-refractivity contribution in [1.29, 1.82) is 0 Å². The zero-order chi connectivity index (χ0) is 29.2. The molecule has 40 heavy (non-hydrogen) atoms. The molecule has 0 saturated carbocycles. The lowest BCUT2D eigenvalue weighted by atomic mass is 9.71. The smallest absolute Gasteiger partial charge is 0.163 e. The topological polar surface area (TPSA) is 51.2 Å². The fourth-order valence-electron chi connectivity index (χ4n) is 6.84. The number of fused-ring (bicyclic) bond motifs is 1. The van der Waals surface area contributed by atoms with E-state index in [0.29, 0.717) is 12.3 Å². The summed E-state index contributed by atoms with van der Waals surface area (Å²) in [6.45, 7) is 12.3. The van der Waals surface area contributed by atoms with Gasteiger partial charge in [0, 0.05) is 17.9 Å². The zero-order valence-corrected chi connectivity index (χ0v) is 25.7. The summed E-state index contributed by atoms with van der Waals surface area (Å²) >= 11 is 0. The lowest BCUT2D eigenvalue weighted by Gasteiger charge is -2.33. The van der Waals surface area contributed by atoms with Crippen molar-refractivity contribution >= 4 is 22.9 Å². The van der Waals surface area contributed by atoms with Crippen LogP contribution in [0.15, 0.2) is 54.2 Å². The summed E-state index contributed by atoms with van der Waals surface area (Å²) < 4.78 is 0. The van der Waals surface area contributed by atoms with Crippen LogP contribution in [0.5, 0.6) is 0 Å². The highest BCUT2D eigenvalue weighted by Gasteiger charge is 2.34. The van der Waals surface area contributed by atoms with Gasteiger partial charge in [0.05, 0.1) is 6.42 Å². The highest BCUT2D eigenvalue weighted by molar-refractivity contribution is 6.01. The lowest BCUT2D eigenvalue weighted by Crippen LogP contribution is -2.30. The molecule has 3 heteroatoms. The minimum atomic E-state index is -0.110. The Morgan fingerprint density at radius 2 is 1.73 bits per heavy atom. The van der Waals surface area contributed by atoms with Crippen molar-refractivity contribution in [2.24, 2.45) is 23.7 Å². The van der Waals surface area contributed by atoms with E-state index in [4.69, 9.17) is 0 Å². The molecule has 0 N–H and O–H groups in total. The number of hydrogen-bond donors (Lipinski definition) is 0. The second kappa shape index (κ2) is 15.3. The summed E-state index contributed by atoms with van der Waals surface area (Å²) in [6, 6.07) is 4.33. The molecule has 0 saturated heterocycles. The van der Waals surface area contributed by atoms with E-state index in [9.17, 15) is 14.4 Å². The minimum Gasteiger partial charge on any atom is -0.300 e. The first-order valence-electron chi connectivity index (χ1n) is 15.5. The predicted molar refractivity (Wildman–Crippen MR) is 167 cm³/mol. The Balaban J connectivity index is 1.98. The normalized spacial score (nSPS) is 19.1. The third-order valence-corrected chi connectivity index (χ3v) is 8.55. The molecule has 0 fully saturated rings. The fourth-order valence-corrected chi connectivity index (χ4v) is 6.84. The molecule has 0 radical (unpaired) electrons. The molecule has 3 atom stereocenters. The van der Waals surface area contributed by atoms with Crippen molar-refractivity contribution in [3.05, 3.63) is 76.4 Å². The van der Waals surface area contributed by atoms with Crippen LogP contribution in [-0.4, -0.2) is 17.3 Å². The number of hydrogen-bond acceptors (Lipinski definition) is 3. The number of carbonyl (C=O) groups excluding carboxylic acids is 3. The van der Waals surface area contributed by atoms with Crippen LogP contribution in [0.4, 0.5) is 0 Å². The van der Waals surface area contributed by atoms with E-state index >= 15 is 0 Å². The van der Waals surface area contributed by atoms with E-state index in [0.717, 1.165) is 62.5 Å². The van der Waals surface area contributed by atoms with Gasteiger partial charge in [-0.05, 0) is 92.4 Å². The number of allylic oxidation sites excluding steroid dienone is 8. The summed E-state index contributed by atoms with van der Waals surface area (Å²) in [4.78, 5) is 38.4. The lowest BCUT2D eigenvalue weighted by molar-refractivity contribution is -0.129. The molecule has 3 rings (SSSR count). The van der Waals surface area contributed by atoms with Crippen LogP contribution in [-0.2, 0) is 16.0 Å². The maximum Gasteiger partial charge on any atom is 0.163 e. The minimum absolute atomic E-state index is 0.0255. The third kappa shape index (κ3) is 8.59. The Labute approximate surface area is 242 Å². The van der Waals surface area contributed by atoms with Crippen LogP contribution in [0.1, 0.15) is 119 Å². The van der Waals surface area contributed by atoms with Crippen molar-refractivity contribution in [3.63, 3.8) is 0 Å². The molecule has 2 aliphatic rings. The highest BCUT2D eigenvalue weighted by atomic mass is 16.1. The van der Waals surface area contributed by atoms with Crippen molar-refractivity contribution in [2.45, 2.75) is 106 Å². The van der Waals surface area contributed by atoms with Crippen molar-refractivity contribution < 1.29 is 14.4 Å². The van der Waals surface area contributed by atoms with Crippen LogP contribution in [0, 0.1) is 30.6 Å². The first-order valence-corrected chi connectivity index (χ1v) is 15.5. The number of aryl methyl sites for hydroxylation is 1. The summed E-state index contributed by atoms with van der Waals surface area (Å²) in [6.07, 6.45) is 21.1. The molecule has 2 aliphatic carbocycles. The Bertz CT molecular complexity index is 1190. The van der Waals surface area contributed by atoms with Crippen molar-refractivity contribution in [2.75, 3.05) is 0 Å². The van der Waals surface area contributed by atoms with Gasteiger partial charge in [0.2, 0.25) is 0 Å². The van der Waals surface area contributed by atoms with E-state index in [1.54, 1.807) is 0 Å². The molecule has 0 heterocycles. The Hall–Kier alpha value is -2.81. The summed E-state index contributed by atoms with van der Waals surface area (Å²) in [5.74, 6) is 1.16. The van der Waals surface area contributed by atoms with Gasteiger partial charge in [-0.1, -0.05) is 94.7 Å². The second-order valence-electron chi connectivity index (χ2n) is 12.5. The monoisotopic (exact) mass is 542 g/mol. The first kappa shape index (κ1) is 31.7. The van der Waals surface area contributed by atoms with Gasteiger partial charge in [0.1, 0.15) is 11.6 Å². The van der Waals surface area contributed by atoms with Gasteiger partial charge in [0.15, 0.2) is 5.78 Å². The predicted octanol–water partition coefficient (Wildman–Crippen LogP) is 9.38. The number of rotatable bonds is 12. The maximum atomic E-state index is 13.6. The van der Waals surface area contributed by atoms with Gasteiger partial charge >= 0.3 is 0 Å². The zero-order valence-electron chi connectivity index (χ0n) is 25.7. The SMILES string of the molecule is CCCC(CC1CC(=O)c2c(C)ccc(C3=CC=C(CC(C)C)CC=CC=CC3)c2C1)C(CC)C(=O)CC(C)=O. The van der Waals surface area contributed by atoms with Crippen LogP contribution >= 0.6 is 0 Å². The quantitative estimate of drug-likeness (QED) is 0.247. The van der Waals surface area contributed by atoms with Crippen LogP contribution in [0.2, 0.25) is 0 Å². The maximum absolute atomic E-state index is 13.6. The average Bonchev–Trinajstić information content (AvgIpc) is 2.88. The average molecular weight is 543 g/mol. The summed E-state index contributed by atoms with van der Waals surface area (Å²) in [7, 11) is 0. The van der Waals surface area contributed by atoms with E-state index in [2.05, 4.69) is 83.2 Å². The van der Waals surface area contributed by atoms with Crippen molar-refractivity contribution in [1.82, 2.24) is 0 Å². The molecule has 0 aliphatic heterocycles. The molecule has 0 bridgehead atoms. The van der Waals surface area contributed by atoms with Gasteiger partial charge in [-0.15, -0.1) is 0 Å². The summed E-state index contributed by atoms with van der Waals surface area (Å²) in [5, 5.41) is 0. The Morgan fingerprint density at radius 1 is 1.00 bits per heavy atom. The molecule has 216 valence electrons. The molecule has 0 spiro atoms. The van der Waals surface area contributed by atoms with Crippen LogP contribution in [0.25, 0.3) is 5.57 Å². The standard InChI is InChI=1S/C37H50O3/c1-7-13-31(32(8-2)35(39)21-27(6)38)22-29-23-34-33(19-16-26(5)37(34)36(40)24-29)30-15-12-10-9-11-14-28(17-18-30)20-25(3)4/h9-12,16-19,25,29,31-32H,7-8,13-15,20-24H2,1-6H3. The summed E-state index contributed by atoms with van der Waals surface area (Å²) in [5.41, 5.74) is 7.03. The first-order chi connectivity index (χ1) is 19.1. The number of Topliss-reactive ketones (excluding diaryl/α,β-unsaturated/α-hetero) is 3. The fraction of sp³-hybridized carbons (Fsp3) is 0.541. The van der Waals surface area contributed by atoms with Gasteiger partial charge in [-0.25, -0.2) is 0 Å². The number of benzene rings is 1. The van der Waals surface area contributed by atoms with Gasteiger partial charge in [-0.3, -0.25) is 14.4 Å². The molecular formula is C37H50O3. The Morgan fingerprint density at radius 3 is 2.38 bits per heavy atom. The van der Waals surface area contributed by atoms with Gasteiger partial charge in [-0.2, -0.15) is 0 Å². The van der Waals surface area contributed by atoms with E-state index in [-0.39, 0.29) is 41.5 Å². The molecule has 0 aromatic heterocycles. The molecule has 0 amide bonds. The molecule has 1 aromatic rings. The van der Waals surface area contributed by atoms with Crippen LogP contribution < -0.4 is 0 Å². The largest absolute Gasteiger partial charge is 0.300 e. The van der Waals surface area contributed by atoms with E-state index in [1.165, 1.54) is 29.2 Å². The Kier molecular flexibility index (Phi) is 12.1. The third-order valence-electron chi connectivity index (χ3n) is 8.55. The molecule has 3 nitrogen and oxygen atoms in total. The van der Waals surface area contributed by atoms with E-state index in [1.807, 2.05) is 0 Å². The molecule has 3 unspecified atom stereocenters. The number of carbonyl (C=O) groups is 3. The van der Waals surface area contributed by atoms with Gasteiger partial charge < -0.3 is 0 Å². The molecular weight excluding hydrogens is 492 g/mol. The number of ketones is 3. The van der Waals surface area contributed by atoms with Crippen molar-refractivity contribution in [3.8, 4) is 0 Å². The van der Waals surface area contributed by atoms with Crippen LogP contribution in [0.3, 0.4) is 0 Å². The van der Waals surface area contributed by atoms with Gasteiger partial charge in [0.25, 0.3) is 0 Å². The van der Waals surface area contributed by atoms with E-state index < -0.39 is 0 Å². The second-order valence-corrected chi connectivity index (χ2v) is 12.5. The highest BCUT2D eigenvalue weighted by Crippen LogP contribution is 2.39.